The van der Waals surface area contributed by atoms with Crippen LogP contribution in [0.4, 0.5) is 0 Å². The summed E-state index contributed by atoms with van der Waals surface area (Å²) in [5.41, 5.74) is 2.75. The molecule has 0 saturated heterocycles. The van der Waals surface area contributed by atoms with Crippen molar-refractivity contribution >= 4 is 51.1 Å². The van der Waals surface area contributed by atoms with Crippen molar-refractivity contribution in [2.75, 3.05) is 0 Å². The molecule has 0 saturated carbocycles. The van der Waals surface area contributed by atoms with Gasteiger partial charge in [0.25, 0.3) is 0 Å². The molecule has 0 N–H and O–H groups in total. The Kier molecular flexibility index (Phi) is 3.77. The van der Waals surface area contributed by atoms with Crippen LogP contribution in [0.3, 0.4) is 0 Å². The highest BCUT2D eigenvalue weighted by molar-refractivity contribution is 7.15. The van der Waals surface area contributed by atoms with Crippen LogP contribution in [0.5, 0.6) is 0 Å². The average molecular weight is 381 g/mol. The van der Waals surface area contributed by atoms with Crippen molar-refractivity contribution in [3.63, 3.8) is 0 Å². The molecule has 0 unspecified atom stereocenters. The van der Waals surface area contributed by atoms with Crippen LogP contribution in [0.15, 0.2) is 47.8 Å². The van der Waals surface area contributed by atoms with E-state index in [2.05, 4.69) is 10.1 Å². The van der Waals surface area contributed by atoms with Crippen molar-refractivity contribution in [3.8, 4) is 22.6 Å². The van der Waals surface area contributed by atoms with Crippen LogP contribution in [-0.2, 0) is 0 Å². The Labute approximate surface area is 151 Å². The first-order chi connectivity index (χ1) is 11.1. The predicted molar refractivity (Wildman–Crippen MR) is 96.8 cm³/mol. The summed E-state index contributed by atoms with van der Waals surface area (Å²) in [5.74, 6) is 0.578. The minimum atomic E-state index is 0.531. The highest BCUT2D eigenvalue weighted by atomic mass is 35.5. The summed E-state index contributed by atoms with van der Waals surface area (Å²) in [4.78, 5) is 5.36. The quantitative estimate of drug-likeness (QED) is 0.421. The van der Waals surface area contributed by atoms with Crippen LogP contribution in [-0.4, -0.2) is 14.6 Å². The van der Waals surface area contributed by atoms with E-state index in [1.807, 2.05) is 40.2 Å². The van der Waals surface area contributed by atoms with E-state index in [1.165, 1.54) is 11.3 Å². The van der Waals surface area contributed by atoms with Gasteiger partial charge in [-0.05, 0) is 30.3 Å². The minimum Gasteiger partial charge on any atom is -0.203 e. The molecule has 114 valence electrons. The molecule has 2 aromatic heterocycles. The summed E-state index contributed by atoms with van der Waals surface area (Å²) in [7, 11) is 0. The number of nitrogens with zero attached hydrogens (tertiary/aromatic N) is 3. The molecule has 4 aromatic rings. The molecule has 2 heterocycles. The molecule has 0 atom stereocenters. The molecular formula is C16H8Cl3N3S. The van der Waals surface area contributed by atoms with E-state index in [9.17, 15) is 0 Å². The van der Waals surface area contributed by atoms with Crippen molar-refractivity contribution in [2.24, 2.45) is 0 Å². The van der Waals surface area contributed by atoms with E-state index in [-0.39, 0.29) is 0 Å². The fourth-order valence-electron chi connectivity index (χ4n) is 2.29. The molecule has 0 aliphatic carbocycles. The molecule has 0 aliphatic rings. The van der Waals surface area contributed by atoms with Gasteiger partial charge in [0.15, 0.2) is 5.82 Å². The summed E-state index contributed by atoms with van der Waals surface area (Å²) < 4.78 is 1.81. The molecule has 3 nitrogen and oxygen atoms in total. The standard InChI is InChI=1S/C16H8Cl3N3S/c17-10-3-1-9(2-4-10)14-8-23-16-20-15(21-22(14)16)12-6-5-11(18)7-13(12)19/h1-8H. The Morgan fingerprint density at radius 3 is 2.39 bits per heavy atom. The molecule has 0 fully saturated rings. The Morgan fingerprint density at radius 1 is 0.913 bits per heavy atom. The van der Waals surface area contributed by atoms with E-state index in [0.29, 0.717) is 20.9 Å². The van der Waals surface area contributed by atoms with Crippen LogP contribution in [0.25, 0.3) is 27.6 Å². The van der Waals surface area contributed by atoms with Gasteiger partial charge in [-0.2, -0.15) is 4.98 Å². The number of hydrogen-bond donors (Lipinski definition) is 0. The van der Waals surface area contributed by atoms with Crippen molar-refractivity contribution in [2.45, 2.75) is 0 Å². The van der Waals surface area contributed by atoms with Gasteiger partial charge in [-0.25, -0.2) is 4.52 Å². The third-order valence-electron chi connectivity index (χ3n) is 3.39. The summed E-state index contributed by atoms with van der Waals surface area (Å²) in [6.07, 6.45) is 0. The third-order valence-corrected chi connectivity index (χ3v) is 5.01. The SMILES string of the molecule is Clc1ccc(-c2csc3nc(-c4ccc(Cl)cc4Cl)nn23)cc1. The van der Waals surface area contributed by atoms with Crippen molar-refractivity contribution in [3.05, 3.63) is 62.9 Å². The number of thiazole rings is 1. The predicted octanol–water partition coefficient (Wildman–Crippen LogP) is 6.09. The topological polar surface area (TPSA) is 30.2 Å². The van der Waals surface area contributed by atoms with Crippen LogP contribution in [0.2, 0.25) is 15.1 Å². The molecule has 4 rings (SSSR count). The van der Waals surface area contributed by atoms with E-state index in [4.69, 9.17) is 34.8 Å². The Morgan fingerprint density at radius 2 is 1.65 bits per heavy atom. The van der Waals surface area contributed by atoms with Gasteiger partial charge in [0, 0.05) is 26.6 Å². The zero-order valence-corrected chi connectivity index (χ0v) is 14.6. The van der Waals surface area contributed by atoms with Crippen molar-refractivity contribution < 1.29 is 0 Å². The fraction of sp³-hybridized carbons (Fsp3) is 0. The molecule has 0 radical (unpaired) electrons. The Hall–Kier alpha value is -1.59. The second kappa shape index (κ2) is 5.80. The van der Waals surface area contributed by atoms with Gasteiger partial charge in [-0.3, -0.25) is 0 Å². The third kappa shape index (κ3) is 2.72. The summed E-state index contributed by atoms with van der Waals surface area (Å²) >= 11 is 19.7. The lowest BCUT2D eigenvalue weighted by atomic mass is 10.2. The number of aromatic nitrogens is 3. The smallest absolute Gasteiger partial charge is 0.203 e. The first-order valence-corrected chi connectivity index (χ1v) is 8.69. The second-order valence-corrected chi connectivity index (χ2v) is 7.00. The lowest BCUT2D eigenvalue weighted by Crippen LogP contribution is -1.89. The number of rotatable bonds is 2. The summed E-state index contributed by atoms with van der Waals surface area (Å²) in [5, 5.41) is 8.42. The Bertz CT molecular complexity index is 1010. The van der Waals surface area contributed by atoms with Gasteiger partial charge < -0.3 is 0 Å². The molecule has 0 spiro atoms. The van der Waals surface area contributed by atoms with E-state index < -0.39 is 0 Å². The van der Waals surface area contributed by atoms with Gasteiger partial charge in [-0.15, -0.1) is 16.4 Å². The van der Waals surface area contributed by atoms with Crippen molar-refractivity contribution in [1.29, 1.82) is 0 Å². The molecule has 0 bridgehead atoms. The molecule has 2 aromatic carbocycles. The maximum atomic E-state index is 6.25. The maximum absolute atomic E-state index is 6.25. The number of fused-ring (bicyclic) bond motifs is 1. The first-order valence-electron chi connectivity index (χ1n) is 6.67. The molecule has 0 amide bonds. The second-order valence-electron chi connectivity index (χ2n) is 4.88. The lowest BCUT2D eigenvalue weighted by molar-refractivity contribution is 0.990. The monoisotopic (exact) mass is 379 g/mol. The number of benzene rings is 2. The molecular weight excluding hydrogens is 373 g/mol. The molecule has 23 heavy (non-hydrogen) atoms. The Balaban J connectivity index is 1.84. The fourth-order valence-corrected chi connectivity index (χ4v) is 3.74. The van der Waals surface area contributed by atoms with Crippen LogP contribution in [0, 0.1) is 0 Å². The summed E-state index contributed by atoms with van der Waals surface area (Å²) in [6, 6.07) is 12.9. The maximum Gasteiger partial charge on any atom is 0.213 e. The van der Waals surface area contributed by atoms with Gasteiger partial charge in [0.05, 0.1) is 10.7 Å². The largest absolute Gasteiger partial charge is 0.213 e. The summed E-state index contributed by atoms with van der Waals surface area (Å²) in [6.45, 7) is 0. The van der Waals surface area contributed by atoms with Gasteiger partial charge in [0.2, 0.25) is 4.96 Å². The molecule has 7 heteroatoms. The van der Waals surface area contributed by atoms with Crippen LogP contribution in [0.1, 0.15) is 0 Å². The lowest BCUT2D eigenvalue weighted by Gasteiger charge is -2.00. The van der Waals surface area contributed by atoms with Gasteiger partial charge >= 0.3 is 0 Å². The number of hydrogen-bond acceptors (Lipinski definition) is 3. The van der Waals surface area contributed by atoms with Crippen LogP contribution >= 0.6 is 46.1 Å². The highest BCUT2D eigenvalue weighted by Crippen LogP contribution is 2.31. The van der Waals surface area contributed by atoms with E-state index >= 15 is 0 Å². The van der Waals surface area contributed by atoms with Crippen molar-refractivity contribution in [1.82, 2.24) is 14.6 Å². The zero-order chi connectivity index (χ0) is 16.0. The van der Waals surface area contributed by atoms with E-state index in [0.717, 1.165) is 21.8 Å². The average Bonchev–Trinajstić information content (AvgIpc) is 3.08. The van der Waals surface area contributed by atoms with E-state index in [1.54, 1.807) is 12.1 Å². The van der Waals surface area contributed by atoms with Gasteiger partial charge in [0.1, 0.15) is 0 Å². The minimum absolute atomic E-state index is 0.531. The zero-order valence-electron chi connectivity index (χ0n) is 11.5. The first kappa shape index (κ1) is 15.0. The molecule has 0 aliphatic heterocycles. The van der Waals surface area contributed by atoms with Crippen LogP contribution < -0.4 is 0 Å². The number of halogens is 3. The highest BCUT2D eigenvalue weighted by Gasteiger charge is 2.14. The normalized spacial score (nSPS) is 11.3. The van der Waals surface area contributed by atoms with Gasteiger partial charge in [-0.1, -0.05) is 46.9 Å².